The van der Waals surface area contributed by atoms with E-state index in [0.29, 0.717) is 17.0 Å². The predicted octanol–water partition coefficient (Wildman–Crippen LogP) is 2.94. The molecule has 2 heterocycles. The Bertz CT molecular complexity index is 663. The molecule has 0 aliphatic heterocycles. The van der Waals surface area contributed by atoms with Crippen molar-refractivity contribution in [1.82, 2.24) is 19.9 Å². The lowest BCUT2D eigenvalue weighted by molar-refractivity contribution is -0.123. The maximum absolute atomic E-state index is 12.0. The topological polar surface area (TPSA) is 62.7 Å². The highest BCUT2D eigenvalue weighted by Gasteiger charge is 2.18. The second kappa shape index (κ2) is 5.83. The zero-order chi connectivity index (χ0) is 14.0. The number of hydrogen-bond acceptors (Lipinski definition) is 3. The minimum atomic E-state index is -0.388. The normalized spacial score (nSPS) is 12.6. The van der Waals surface area contributed by atoms with Gasteiger partial charge < -0.3 is 10.3 Å². The summed E-state index contributed by atoms with van der Waals surface area (Å²) in [7, 11) is 0. The molecular weight excluding hydrogens is 328 g/mol. The summed E-state index contributed by atoms with van der Waals surface area (Å²) < 4.78 is 3.11. The zero-order valence-electron chi connectivity index (χ0n) is 10.7. The Morgan fingerprint density at radius 3 is 3.11 bits per heavy atom. The second-order valence-electron chi connectivity index (χ2n) is 4.29. The monoisotopic (exact) mass is 342 g/mol. The molecule has 0 bridgehead atoms. The SMILES string of the molecule is CCCNC(=O)C(C)n1c(=S)[nH]c2cc(Br)cnc21. The molecule has 7 heteroatoms. The van der Waals surface area contributed by atoms with Gasteiger partial charge in [0.15, 0.2) is 10.4 Å². The van der Waals surface area contributed by atoms with Gasteiger partial charge in [0, 0.05) is 17.2 Å². The number of carbonyl (C=O) groups is 1. The van der Waals surface area contributed by atoms with Gasteiger partial charge in [0.05, 0.1) is 5.52 Å². The van der Waals surface area contributed by atoms with Crippen molar-refractivity contribution < 1.29 is 4.79 Å². The minimum Gasteiger partial charge on any atom is -0.354 e. The standard InChI is InChI=1S/C12H15BrN4OS/c1-3-4-14-11(18)7(2)17-10-9(16-12(17)19)5-8(13)6-15-10/h5-7H,3-4H2,1-2H3,(H,14,18)(H,16,19). The first-order valence-electron chi connectivity index (χ1n) is 6.08. The maximum atomic E-state index is 12.0. The molecule has 0 saturated heterocycles. The van der Waals surface area contributed by atoms with Crippen LogP contribution in [0, 0.1) is 4.77 Å². The number of amides is 1. The maximum Gasteiger partial charge on any atom is 0.242 e. The molecule has 1 amide bonds. The van der Waals surface area contributed by atoms with E-state index in [-0.39, 0.29) is 11.9 Å². The number of nitrogens with zero attached hydrogens (tertiary/aromatic N) is 2. The molecule has 19 heavy (non-hydrogen) atoms. The van der Waals surface area contributed by atoms with Crippen molar-refractivity contribution in [3.63, 3.8) is 0 Å². The number of aromatic amines is 1. The number of aromatic nitrogens is 3. The molecule has 2 aromatic rings. The Morgan fingerprint density at radius 1 is 1.68 bits per heavy atom. The molecule has 2 N–H and O–H groups in total. The van der Waals surface area contributed by atoms with E-state index in [0.717, 1.165) is 16.4 Å². The van der Waals surface area contributed by atoms with Gasteiger partial charge in [0.25, 0.3) is 0 Å². The highest BCUT2D eigenvalue weighted by atomic mass is 79.9. The number of hydrogen-bond donors (Lipinski definition) is 2. The van der Waals surface area contributed by atoms with Crippen LogP contribution in [0.25, 0.3) is 11.2 Å². The van der Waals surface area contributed by atoms with Crippen molar-refractivity contribution in [3.05, 3.63) is 21.5 Å². The highest BCUT2D eigenvalue weighted by molar-refractivity contribution is 9.10. The number of carbonyl (C=O) groups excluding carboxylic acids is 1. The van der Waals surface area contributed by atoms with Crippen LogP contribution in [-0.4, -0.2) is 27.0 Å². The van der Waals surface area contributed by atoms with Crippen molar-refractivity contribution in [1.29, 1.82) is 0 Å². The average Bonchev–Trinajstić information content (AvgIpc) is 2.70. The minimum absolute atomic E-state index is 0.0523. The Kier molecular flexibility index (Phi) is 4.36. The molecule has 5 nitrogen and oxygen atoms in total. The largest absolute Gasteiger partial charge is 0.354 e. The number of nitrogens with one attached hydrogen (secondary N) is 2. The van der Waals surface area contributed by atoms with Crippen molar-refractivity contribution in [2.45, 2.75) is 26.3 Å². The highest BCUT2D eigenvalue weighted by Crippen LogP contribution is 2.20. The van der Waals surface area contributed by atoms with Gasteiger partial charge in [-0.1, -0.05) is 6.92 Å². The van der Waals surface area contributed by atoms with Gasteiger partial charge in [0.1, 0.15) is 6.04 Å². The van der Waals surface area contributed by atoms with Crippen molar-refractivity contribution in [3.8, 4) is 0 Å². The molecule has 1 unspecified atom stereocenters. The summed E-state index contributed by atoms with van der Waals surface area (Å²) in [5.74, 6) is -0.0523. The molecule has 0 fully saturated rings. The molecular formula is C12H15BrN4OS. The Balaban J connectivity index is 2.41. The number of imidazole rings is 1. The first-order valence-corrected chi connectivity index (χ1v) is 7.28. The van der Waals surface area contributed by atoms with Crippen LogP contribution in [0.15, 0.2) is 16.7 Å². The lowest BCUT2D eigenvalue weighted by Gasteiger charge is -2.13. The van der Waals surface area contributed by atoms with Crippen LogP contribution < -0.4 is 5.32 Å². The molecule has 2 rings (SSSR count). The fraction of sp³-hybridized carbons (Fsp3) is 0.417. The van der Waals surface area contributed by atoms with E-state index in [1.165, 1.54) is 0 Å². The van der Waals surface area contributed by atoms with Crippen LogP contribution in [0.3, 0.4) is 0 Å². The summed E-state index contributed by atoms with van der Waals surface area (Å²) in [6.07, 6.45) is 2.60. The number of fused-ring (bicyclic) bond motifs is 1. The lowest BCUT2D eigenvalue weighted by Crippen LogP contribution is -2.31. The molecule has 0 aromatic carbocycles. The van der Waals surface area contributed by atoms with Gasteiger partial charge in [-0.05, 0) is 47.6 Å². The van der Waals surface area contributed by atoms with Crippen LogP contribution in [0.5, 0.6) is 0 Å². The molecule has 102 valence electrons. The van der Waals surface area contributed by atoms with Crippen LogP contribution in [0.4, 0.5) is 0 Å². The smallest absolute Gasteiger partial charge is 0.242 e. The molecule has 0 aliphatic carbocycles. The van der Waals surface area contributed by atoms with E-state index in [9.17, 15) is 4.79 Å². The summed E-state index contributed by atoms with van der Waals surface area (Å²) in [6, 6.07) is 1.51. The summed E-state index contributed by atoms with van der Waals surface area (Å²) in [5.41, 5.74) is 1.50. The zero-order valence-corrected chi connectivity index (χ0v) is 13.1. The number of halogens is 1. The van der Waals surface area contributed by atoms with Crippen molar-refractivity contribution in [2.24, 2.45) is 0 Å². The fourth-order valence-electron chi connectivity index (χ4n) is 1.86. The van der Waals surface area contributed by atoms with Gasteiger partial charge in [0.2, 0.25) is 5.91 Å². The third-order valence-electron chi connectivity index (χ3n) is 2.84. The van der Waals surface area contributed by atoms with E-state index in [4.69, 9.17) is 12.2 Å². The quantitative estimate of drug-likeness (QED) is 0.839. The van der Waals surface area contributed by atoms with Gasteiger partial charge in [-0.15, -0.1) is 0 Å². The molecule has 0 aliphatic rings. The number of pyridine rings is 1. The lowest BCUT2D eigenvalue weighted by atomic mass is 10.3. The summed E-state index contributed by atoms with van der Waals surface area (Å²) >= 11 is 8.64. The van der Waals surface area contributed by atoms with E-state index < -0.39 is 0 Å². The summed E-state index contributed by atoms with van der Waals surface area (Å²) in [4.78, 5) is 19.4. The van der Waals surface area contributed by atoms with Crippen LogP contribution in [0.1, 0.15) is 26.3 Å². The predicted molar refractivity (Wildman–Crippen MR) is 80.6 cm³/mol. The van der Waals surface area contributed by atoms with Gasteiger partial charge in [-0.25, -0.2) is 4.98 Å². The summed E-state index contributed by atoms with van der Waals surface area (Å²) in [6.45, 7) is 4.50. The van der Waals surface area contributed by atoms with Gasteiger partial charge >= 0.3 is 0 Å². The Morgan fingerprint density at radius 2 is 2.42 bits per heavy atom. The van der Waals surface area contributed by atoms with E-state index in [2.05, 4.69) is 31.2 Å². The third-order valence-corrected chi connectivity index (χ3v) is 3.57. The molecule has 1 atom stereocenters. The van der Waals surface area contributed by atoms with E-state index >= 15 is 0 Å². The molecule has 0 saturated carbocycles. The van der Waals surface area contributed by atoms with E-state index in [1.54, 1.807) is 10.8 Å². The molecule has 0 spiro atoms. The van der Waals surface area contributed by atoms with Gasteiger partial charge in [-0.2, -0.15) is 0 Å². The first kappa shape index (κ1) is 14.2. The van der Waals surface area contributed by atoms with E-state index in [1.807, 2.05) is 19.9 Å². The average molecular weight is 343 g/mol. The van der Waals surface area contributed by atoms with Gasteiger partial charge in [-0.3, -0.25) is 9.36 Å². The van der Waals surface area contributed by atoms with Crippen LogP contribution in [0.2, 0.25) is 0 Å². The Hall–Kier alpha value is -1.21. The third kappa shape index (κ3) is 2.87. The second-order valence-corrected chi connectivity index (χ2v) is 5.59. The van der Waals surface area contributed by atoms with Crippen LogP contribution in [-0.2, 0) is 4.79 Å². The number of rotatable bonds is 4. The Labute approximate surface area is 124 Å². The molecule has 0 radical (unpaired) electrons. The fourth-order valence-corrected chi connectivity index (χ4v) is 2.55. The first-order chi connectivity index (χ1) is 9.04. The van der Waals surface area contributed by atoms with Crippen molar-refractivity contribution >= 4 is 45.2 Å². The summed E-state index contributed by atoms with van der Waals surface area (Å²) in [5, 5.41) is 2.87. The molecule has 2 aromatic heterocycles. The number of H-pyrrole nitrogens is 1. The van der Waals surface area contributed by atoms with Crippen molar-refractivity contribution in [2.75, 3.05) is 6.54 Å². The van der Waals surface area contributed by atoms with Crippen LogP contribution >= 0.6 is 28.1 Å².